The van der Waals surface area contributed by atoms with E-state index < -0.39 is 28.9 Å². The number of carbonyl (C=O) groups excluding carboxylic acids is 1. The van der Waals surface area contributed by atoms with Crippen molar-refractivity contribution in [3.05, 3.63) is 129 Å². The molecule has 51 heavy (non-hydrogen) atoms. The maximum Gasteiger partial charge on any atom is 0.337 e. The topological polar surface area (TPSA) is 115 Å². The summed E-state index contributed by atoms with van der Waals surface area (Å²) in [7, 11) is 0. The lowest BCUT2D eigenvalue weighted by molar-refractivity contribution is 0.0917. The van der Waals surface area contributed by atoms with Gasteiger partial charge in [-0.15, -0.1) is 0 Å². The Morgan fingerprint density at radius 3 is 2.43 bits per heavy atom. The standard InChI is InChI=1S/C39H37F2N7O3/c40-28-8-13-35-45-34(23-46(35)22-28)37(49)44-30-9-11-31(12-10-30)48-38(50)33-20-29(41)21-43-36(33)47(39(48)51)32-3-1-2-27(19-32)26-6-4-24(5-7-26)18-25-14-16-42-17-15-25/h1-8,13,19-23,25,30-31,42H,9-12,14-18H2,(H,44,49)/t30-,31+. The molecule has 2 aromatic carbocycles. The molecular formula is C39H37F2N7O3. The summed E-state index contributed by atoms with van der Waals surface area (Å²) >= 11 is 0. The van der Waals surface area contributed by atoms with E-state index in [1.165, 1.54) is 56.5 Å². The van der Waals surface area contributed by atoms with E-state index in [9.17, 15) is 23.2 Å². The summed E-state index contributed by atoms with van der Waals surface area (Å²) in [6.45, 7) is 2.13. The number of hydrogen-bond donors (Lipinski definition) is 2. The van der Waals surface area contributed by atoms with Crippen molar-refractivity contribution in [1.82, 2.24) is 34.1 Å². The smallest absolute Gasteiger partial charge is 0.337 e. The average molecular weight is 690 g/mol. The third kappa shape index (κ3) is 6.59. The van der Waals surface area contributed by atoms with Crippen LogP contribution in [0.25, 0.3) is 33.5 Å². The van der Waals surface area contributed by atoms with Gasteiger partial charge in [-0.2, -0.15) is 0 Å². The van der Waals surface area contributed by atoms with Crippen LogP contribution in [0.2, 0.25) is 0 Å². The van der Waals surface area contributed by atoms with Crippen molar-refractivity contribution in [3.63, 3.8) is 0 Å². The van der Waals surface area contributed by atoms with Gasteiger partial charge in [-0.3, -0.25) is 14.2 Å². The van der Waals surface area contributed by atoms with Crippen molar-refractivity contribution >= 4 is 22.6 Å². The molecule has 12 heteroatoms. The first-order chi connectivity index (χ1) is 24.8. The Hall–Kier alpha value is -5.49. The van der Waals surface area contributed by atoms with Crippen molar-refractivity contribution in [1.29, 1.82) is 0 Å². The number of benzene rings is 2. The van der Waals surface area contributed by atoms with Crippen molar-refractivity contribution in [2.24, 2.45) is 5.92 Å². The number of pyridine rings is 2. The lowest BCUT2D eigenvalue weighted by Crippen LogP contribution is -2.45. The van der Waals surface area contributed by atoms with Crippen LogP contribution in [0.4, 0.5) is 8.78 Å². The number of fused-ring (bicyclic) bond motifs is 2. The van der Waals surface area contributed by atoms with Crippen molar-refractivity contribution < 1.29 is 13.6 Å². The van der Waals surface area contributed by atoms with Gasteiger partial charge in [0.25, 0.3) is 11.5 Å². The number of nitrogens with zero attached hydrogens (tertiary/aromatic N) is 5. The Balaban J connectivity index is 1.05. The van der Waals surface area contributed by atoms with Gasteiger partial charge in [0, 0.05) is 24.5 Å². The Kier molecular flexibility index (Phi) is 8.77. The SMILES string of the molecule is O=C(N[C@H]1CC[C@@H](n2c(=O)c3cc(F)cnc3n(-c3cccc(-c4ccc(CC5CCNCC5)cc4)c3)c2=O)CC1)c1cn2cc(F)ccc2n1. The Labute approximate surface area is 291 Å². The molecule has 1 aliphatic heterocycles. The predicted molar refractivity (Wildman–Crippen MR) is 190 cm³/mol. The fraction of sp³-hybridized carbons (Fsp3) is 0.308. The van der Waals surface area contributed by atoms with Crippen LogP contribution in [-0.2, 0) is 6.42 Å². The van der Waals surface area contributed by atoms with Crippen LogP contribution < -0.4 is 21.9 Å². The van der Waals surface area contributed by atoms with Gasteiger partial charge in [0.2, 0.25) is 0 Å². The van der Waals surface area contributed by atoms with Crippen LogP contribution in [0.15, 0.2) is 94.9 Å². The highest BCUT2D eigenvalue weighted by atomic mass is 19.1. The molecule has 0 spiro atoms. The van der Waals surface area contributed by atoms with Crippen LogP contribution in [-0.4, -0.2) is 48.5 Å². The van der Waals surface area contributed by atoms with Crippen LogP contribution in [0.3, 0.4) is 0 Å². The third-order valence-electron chi connectivity index (χ3n) is 10.3. The summed E-state index contributed by atoms with van der Waals surface area (Å²) < 4.78 is 32.2. The zero-order chi connectivity index (χ0) is 35.1. The second-order valence-corrected chi connectivity index (χ2v) is 13.7. The largest absolute Gasteiger partial charge is 0.348 e. The van der Waals surface area contributed by atoms with E-state index >= 15 is 0 Å². The Bertz CT molecular complexity index is 2370. The molecule has 2 aliphatic rings. The van der Waals surface area contributed by atoms with E-state index in [0.29, 0.717) is 42.9 Å². The van der Waals surface area contributed by atoms with Gasteiger partial charge >= 0.3 is 5.69 Å². The highest BCUT2D eigenvalue weighted by molar-refractivity contribution is 5.93. The van der Waals surface area contributed by atoms with Gasteiger partial charge in [0.05, 0.1) is 17.3 Å². The molecule has 0 atom stereocenters. The van der Waals surface area contributed by atoms with Crippen molar-refractivity contribution in [2.45, 2.75) is 57.0 Å². The summed E-state index contributed by atoms with van der Waals surface area (Å²) in [4.78, 5) is 49.6. The van der Waals surface area contributed by atoms with Gasteiger partial charge in [-0.05, 0) is 111 Å². The van der Waals surface area contributed by atoms with Crippen LogP contribution >= 0.6 is 0 Å². The van der Waals surface area contributed by atoms with Gasteiger partial charge in [0.1, 0.15) is 23.0 Å². The van der Waals surface area contributed by atoms with Crippen LogP contribution in [0, 0.1) is 17.6 Å². The molecule has 0 radical (unpaired) electrons. The molecule has 1 saturated heterocycles. The first-order valence-electron chi connectivity index (χ1n) is 17.5. The zero-order valence-corrected chi connectivity index (χ0v) is 27.9. The first-order valence-corrected chi connectivity index (χ1v) is 17.5. The van der Waals surface area contributed by atoms with Gasteiger partial charge in [-0.25, -0.2) is 28.1 Å². The van der Waals surface area contributed by atoms with E-state index in [0.717, 1.165) is 42.9 Å². The molecule has 1 amide bonds. The number of hydrogen-bond acceptors (Lipinski definition) is 6. The molecule has 260 valence electrons. The molecule has 0 bridgehead atoms. The second kappa shape index (κ2) is 13.7. The minimum Gasteiger partial charge on any atom is -0.348 e. The third-order valence-corrected chi connectivity index (χ3v) is 10.3. The van der Waals surface area contributed by atoms with Gasteiger partial charge in [0.15, 0.2) is 5.65 Å². The molecule has 5 heterocycles. The molecule has 8 rings (SSSR count). The number of carbonyl (C=O) groups is 1. The minimum absolute atomic E-state index is 0.0148. The Morgan fingerprint density at radius 1 is 0.863 bits per heavy atom. The molecule has 0 unspecified atom stereocenters. The van der Waals surface area contributed by atoms with E-state index in [-0.39, 0.29) is 28.7 Å². The number of nitrogens with one attached hydrogen (secondary N) is 2. The number of imidazole rings is 1. The highest BCUT2D eigenvalue weighted by Crippen LogP contribution is 2.29. The summed E-state index contributed by atoms with van der Waals surface area (Å²) in [6, 6.07) is 19.3. The summed E-state index contributed by atoms with van der Waals surface area (Å²) in [6.07, 6.45) is 9.04. The first kappa shape index (κ1) is 32.7. The Morgan fingerprint density at radius 2 is 1.65 bits per heavy atom. The molecular weight excluding hydrogens is 652 g/mol. The minimum atomic E-state index is -0.671. The monoisotopic (exact) mass is 689 g/mol. The quantitative estimate of drug-likeness (QED) is 0.226. The number of amides is 1. The highest BCUT2D eigenvalue weighted by Gasteiger charge is 2.29. The second-order valence-electron chi connectivity index (χ2n) is 13.7. The predicted octanol–water partition coefficient (Wildman–Crippen LogP) is 5.60. The summed E-state index contributed by atoms with van der Waals surface area (Å²) in [5.74, 6) is -0.812. The summed E-state index contributed by atoms with van der Waals surface area (Å²) in [5, 5.41) is 6.42. The fourth-order valence-corrected chi connectivity index (χ4v) is 7.63. The lowest BCUT2D eigenvalue weighted by Gasteiger charge is -2.30. The van der Waals surface area contributed by atoms with E-state index in [1.54, 1.807) is 6.07 Å². The molecule has 2 N–H and O–H groups in total. The van der Waals surface area contributed by atoms with Gasteiger partial charge < -0.3 is 15.0 Å². The van der Waals surface area contributed by atoms with E-state index in [1.807, 2.05) is 18.2 Å². The van der Waals surface area contributed by atoms with Crippen LogP contribution in [0.1, 0.15) is 60.6 Å². The maximum atomic E-state index is 14.5. The number of aromatic nitrogens is 5. The van der Waals surface area contributed by atoms with Crippen molar-refractivity contribution in [2.75, 3.05) is 13.1 Å². The number of halogens is 2. The molecule has 1 aliphatic carbocycles. The van der Waals surface area contributed by atoms with Crippen molar-refractivity contribution in [3.8, 4) is 16.8 Å². The molecule has 1 saturated carbocycles. The maximum absolute atomic E-state index is 14.5. The van der Waals surface area contributed by atoms with E-state index in [4.69, 9.17) is 0 Å². The fourth-order valence-electron chi connectivity index (χ4n) is 7.63. The molecule has 6 aromatic rings. The zero-order valence-electron chi connectivity index (χ0n) is 27.9. The van der Waals surface area contributed by atoms with Gasteiger partial charge in [-0.1, -0.05) is 36.4 Å². The summed E-state index contributed by atoms with van der Waals surface area (Å²) in [5.41, 5.74) is 3.26. The number of rotatable bonds is 7. The molecule has 10 nitrogen and oxygen atoms in total. The van der Waals surface area contributed by atoms with Crippen LogP contribution in [0.5, 0.6) is 0 Å². The molecule has 4 aromatic heterocycles. The number of piperidine rings is 1. The average Bonchev–Trinajstić information content (AvgIpc) is 3.57. The normalized spacial score (nSPS) is 18.3. The van der Waals surface area contributed by atoms with E-state index in [2.05, 4.69) is 44.9 Å². The molecule has 2 fully saturated rings. The lowest BCUT2D eigenvalue weighted by atomic mass is 9.90.